The summed E-state index contributed by atoms with van der Waals surface area (Å²) < 4.78 is 21.2. The first-order valence-electron chi connectivity index (χ1n) is 12.5. The van der Waals surface area contributed by atoms with Crippen molar-refractivity contribution >= 4 is 11.8 Å². The lowest BCUT2D eigenvalue weighted by atomic mass is 9.95. The highest BCUT2D eigenvalue weighted by Crippen LogP contribution is 2.29. The maximum absolute atomic E-state index is 13.2. The number of aromatic nitrogens is 2. The number of piperidine rings is 1. The maximum atomic E-state index is 13.2. The van der Waals surface area contributed by atoms with Crippen molar-refractivity contribution in [1.29, 1.82) is 0 Å². The standard InChI is InChI=1S/C28H31FN4O3/c1-19(20-5-3-2-4-6-20)15-30-27(34)22-11-13-32(14-12-22)28(35)26-24-17-36-25(16-33(24)18-31-26)21-7-9-23(29)10-8-21/h2-10,18-19,22,25H,11-17H2,1H3,(H,30,34)/t19-,25-/m1/s1. The summed E-state index contributed by atoms with van der Waals surface area (Å²) in [7, 11) is 0. The van der Waals surface area contributed by atoms with Crippen LogP contribution in [0.1, 0.15) is 59.1 Å². The number of benzene rings is 2. The lowest BCUT2D eigenvalue weighted by Crippen LogP contribution is -2.44. The molecule has 3 aromatic rings. The molecule has 2 amide bonds. The first-order valence-corrected chi connectivity index (χ1v) is 12.5. The smallest absolute Gasteiger partial charge is 0.274 e. The molecule has 0 spiro atoms. The Labute approximate surface area is 210 Å². The summed E-state index contributed by atoms with van der Waals surface area (Å²) in [6.07, 6.45) is 2.73. The van der Waals surface area contributed by atoms with Gasteiger partial charge >= 0.3 is 0 Å². The molecule has 8 heteroatoms. The average Bonchev–Trinajstić information content (AvgIpc) is 3.35. The van der Waals surface area contributed by atoms with Gasteiger partial charge in [-0.05, 0) is 42.0 Å². The van der Waals surface area contributed by atoms with Gasteiger partial charge in [-0.25, -0.2) is 9.37 Å². The minimum absolute atomic E-state index is 0.0597. The average molecular weight is 491 g/mol. The van der Waals surface area contributed by atoms with Crippen LogP contribution in [0.2, 0.25) is 0 Å². The third-order valence-electron chi connectivity index (χ3n) is 7.28. The number of imidazole rings is 1. The number of nitrogens with one attached hydrogen (secondary N) is 1. The second kappa shape index (κ2) is 10.6. The molecule has 2 aliphatic heterocycles. The SMILES string of the molecule is C[C@H](CNC(=O)C1CCN(C(=O)c2ncn3c2CO[C@@H](c2ccc(F)cc2)C3)CC1)c1ccccc1. The molecule has 0 unspecified atom stereocenters. The van der Waals surface area contributed by atoms with Gasteiger partial charge in [0.15, 0.2) is 5.69 Å². The molecule has 3 heterocycles. The Morgan fingerprint density at radius 2 is 1.83 bits per heavy atom. The molecule has 188 valence electrons. The van der Waals surface area contributed by atoms with E-state index >= 15 is 0 Å². The van der Waals surface area contributed by atoms with Crippen molar-refractivity contribution in [3.05, 3.63) is 89.3 Å². The molecule has 2 atom stereocenters. The molecule has 1 aromatic heterocycles. The van der Waals surface area contributed by atoms with Gasteiger partial charge in [-0.15, -0.1) is 0 Å². The molecule has 1 saturated heterocycles. The van der Waals surface area contributed by atoms with Crippen LogP contribution >= 0.6 is 0 Å². The number of hydrogen-bond acceptors (Lipinski definition) is 4. The van der Waals surface area contributed by atoms with E-state index in [1.807, 2.05) is 22.8 Å². The Morgan fingerprint density at radius 3 is 2.56 bits per heavy atom. The molecule has 2 aliphatic rings. The van der Waals surface area contributed by atoms with Crippen LogP contribution in [-0.2, 0) is 22.7 Å². The van der Waals surface area contributed by atoms with Crippen LogP contribution in [0.25, 0.3) is 0 Å². The van der Waals surface area contributed by atoms with Crippen molar-refractivity contribution in [1.82, 2.24) is 19.8 Å². The predicted molar refractivity (Wildman–Crippen MR) is 133 cm³/mol. The molecule has 0 bridgehead atoms. The highest BCUT2D eigenvalue weighted by atomic mass is 19.1. The monoisotopic (exact) mass is 490 g/mol. The second-order valence-corrected chi connectivity index (χ2v) is 9.67. The van der Waals surface area contributed by atoms with Gasteiger partial charge in [0.25, 0.3) is 5.91 Å². The molecule has 7 nitrogen and oxygen atoms in total. The van der Waals surface area contributed by atoms with Gasteiger partial charge < -0.3 is 19.5 Å². The topological polar surface area (TPSA) is 76.5 Å². The highest BCUT2D eigenvalue weighted by Gasteiger charge is 2.32. The molecule has 5 rings (SSSR count). The number of fused-ring (bicyclic) bond motifs is 1. The van der Waals surface area contributed by atoms with E-state index in [0.29, 0.717) is 44.7 Å². The van der Waals surface area contributed by atoms with Crippen LogP contribution < -0.4 is 5.32 Å². The second-order valence-electron chi connectivity index (χ2n) is 9.67. The Morgan fingerprint density at radius 1 is 1.11 bits per heavy atom. The first-order chi connectivity index (χ1) is 17.5. The fraction of sp³-hybridized carbons (Fsp3) is 0.393. The van der Waals surface area contributed by atoms with Crippen LogP contribution in [0.4, 0.5) is 4.39 Å². The first kappa shape index (κ1) is 24.2. The van der Waals surface area contributed by atoms with Gasteiger partial charge in [0, 0.05) is 25.6 Å². The summed E-state index contributed by atoms with van der Waals surface area (Å²) in [5.74, 6) is -0.191. The number of nitrogens with zero attached hydrogens (tertiary/aromatic N) is 3. The number of likely N-dealkylation sites (tertiary alicyclic amines) is 1. The Bertz CT molecular complexity index is 1200. The summed E-state index contributed by atoms with van der Waals surface area (Å²) in [6, 6.07) is 16.4. The Hall–Kier alpha value is -3.52. The van der Waals surface area contributed by atoms with Crippen molar-refractivity contribution in [2.24, 2.45) is 5.92 Å². The van der Waals surface area contributed by atoms with Gasteiger partial charge in [-0.2, -0.15) is 0 Å². The predicted octanol–water partition coefficient (Wildman–Crippen LogP) is 4.07. The molecule has 36 heavy (non-hydrogen) atoms. The quantitative estimate of drug-likeness (QED) is 0.565. The number of halogens is 1. The van der Waals surface area contributed by atoms with Gasteiger partial charge in [0.2, 0.25) is 5.91 Å². The molecule has 2 aromatic carbocycles. The van der Waals surface area contributed by atoms with E-state index in [1.54, 1.807) is 23.4 Å². The number of hydrogen-bond donors (Lipinski definition) is 1. The zero-order chi connectivity index (χ0) is 25.1. The number of rotatable bonds is 6. The van der Waals surface area contributed by atoms with Gasteiger partial charge in [0.05, 0.1) is 25.2 Å². The lowest BCUT2D eigenvalue weighted by Gasteiger charge is -2.32. The van der Waals surface area contributed by atoms with Gasteiger partial charge in [-0.3, -0.25) is 9.59 Å². The van der Waals surface area contributed by atoms with Crippen LogP contribution in [0.5, 0.6) is 0 Å². The van der Waals surface area contributed by atoms with Crippen molar-refractivity contribution in [3.8, 4) is 0 Å². The van der Waals surface area contributed by atoms with E-state index in [4.69, 9.17) is 4.74 Å². The maximum Gasteiger partial charge on any atom is 0.274 e. The van der Waals surface area contributed by atoms with E-state index in [2.05, 4.69) is 29.4 Å². The highest BCUT2D eigenvalue weighted by molar-refractivity contribution is 5.93. The van der Waals surface area contributed by atoms with E-state index in [1.165, 1.54) is 17.7 Å². The summed E-state index contributed by atoms with van der Waals surface area (Å²) in [5.41, 5.74) is 3.26. The van der Waals surface area contributed by atoms with Gasteiger partial charge in [-0.1, -0.05) is 49.4 Å². The zero-order valence-corrected chi connectivity index (χ0v) is 20.4. The van der Waals surface area contributed by atoms with E-state index in [9.17, 15) is 14.0 Å². The molecule has 0 saturated carbocycles. The molecule has 0 aliphatic carbocycles. The summed E-state index contributed by atoms with van der Waals surface area (Å²) >= 11 is 0. The number of carbonyl (C=O) groups is 2. The van der Waals surface area contributed by atoms with Gasteiger partial charge in [0.1, 0.15) is 11.9 Å². The Kier molecular flexibility index (Phi) is 7.13. The minimum Gasteiger partial charge on any atom is -0.365 e. The summed E-state index contributed by atoms with van der Waals surface area (Å²) in [4.78, 5) is 32.1. The summed E-state index contributed by atoms with van der Waals surface area (Å²) in [5, 5.41) is 3.09. The van der Waals surface area contributed by atoms with Crippen LogP contribution in [0.3, 0.4) is 0 Å². The van der Waals surface area contributed by atoms with Crippen molar-refractivity contribution < 1.29 is 18.7 Å². The van der Waals surface area contributed by atoms with Crippen LogP contribution in [0.15, 0.2) is 60.9 Å². The molecular weight excluding hydrogens is 459 g/mol. The largest absolute Gasteiger partial charge is 0.365 e. The van der Waals surface area contributed by atoms with Crippen LogP contribution in [0, 0.1) is 11.7 Å². The minimum atomic E-state index is -0.284. The summed E-state index contributed by atoms with van der Waals surface area (Å²) in [6.45, 7) is 4.54. The normalized spacial score (nSPS) is 18.9. The fourth-order valence-electron chi connectivity index (χ4n) is 4.98. The number of ether oxygens (including phenoxy) is 1. The van der Waals surface area contributed by atoms with Crippen LogP contribution in [-0.4, -0.2) is 45.9 Å². The lowest BCUT2D eigenvalue weighted by molar-refractivity contribution is -0.126. The molecular formula is C28H31FN4O3. The molecule has 1 fully saturated rings. The van der Waals surface area contributed by atoms with Crippen molar-refractivity contribution in [2.75, 3.05) is 19.6 Å². The molecule has 1 N–H and O–H groups in total. The van der Waals surface area contributed by atoms with E-state index < -0.39 is 0 Å². The Balaban J connectivity index is 1.13. The van der Waals surface area contributed by atoms with Crippen molar-refractivity contribution in [2.45, 2.75) is 44.9 Å². The van der Waals surface area contributed by atoms with E-state index in [0.717, 1.165) is 11.3 Å². The molecule has 0 radical (unpaired) electrons. The van der Waals surface area contributed by atoms with E-state index in [-0.39, 0.29) is 42.2 Å². The van der Waals surface area contributed by atoms with Crippen molar-refractivity contribution in [3.63, 3.8) is 0 Å². The fourth-order valence-corrected chi connectivity index (χ4v) is 4.98. The third kappa shape index (κ3) is 5.18. The number of carbonyl (C=O) groups excluding carboxylic acids is 2. The number of amides is 2. The zero-order valence-electron chi connectivity index (χ0n) is 20.4. The third-order valence-corrected chi connectivity index (χ3v) is 7.28.